The molecule has 0 saturated heterocycles. The lowest BCUT2D eigenvalue weighted by Crippen LogP contribution is -2.01. The Kier molecular flexibility index (Phi) is 4.51. The van der Waals surface area contributed by atoms with E-state index in [1.807, 2.05) is 18.2 Å². The Morgan fingerprint density at radius 3 is 2.26 bits per heavy atom. The molecule has 0 aliphatic heterocycles. The van der Waals surface area contributed by atoms with Crippen molar-refractivity contribution in [3.8, 4) is 0 Å². The summed E-state index contributed by atoms with van der Waals surface area (Å²) in [5, 5.41) is 11.5. The summed E-state index contributed by atoms with van der Waals surface area (Å²) < 4.78 is 0. The van der Waals surface area contributed by atoms with Crippen LogP contribution in [0.5, 0.6) is 0 Å². The summed E-state index contributed by atoms with van der Waals surface area (Å²) in [6.45, 7) is 4.25. The number of aliphatic hydroxyl groups is 1. The number of aliphatic hydroxyl groups excluding tert-OH is 1. The molecule has 0 fully saturated rings. The van der Waals surface area contributed by atoms with Crippen molar-refractivity contribution in [2.45, 2.75) is 25.9 Å². The molecule has 1 N–H and O–H groups in total. The van der Waals surface area contributed by atoms with Gasteiger partial charge in [-0.3, -0.25) is 0 Å². The lowest BCUT2D eigenvalue weighted by molar-refractivity contribution is 0.220. The second kappa shape index (κ2) is 5.96. The number of halogens is 2. The van der Waals surface area contributed by atoms with E-state index in [1.165, 1.54) is 5.56 Å². The standard InChI is InChI=1S/C16H16Cl2O/c1-10(2)11-4-3-5-12(8-11)16(19)14-7-6-13(17)9-15(14)18/h3-10,16,19H,1-2H3. The molecule has 2 aromatic carbocycles. The predicted octanol–water partition coefficient (Wildman–Crippen LogP) is 5.20. The summed E-state index contributed by atoms with van der Waals surface area (Å²) >= 11 is 12.0. The molecule has 1 nitrogen and oxygen atoms in total. The zero-order chi connectivity index (χ0) is 14.0. The van der Waals surface area contributed by atoms with Crippen LogP contribution >= 0.6 is 23.2 Å². The topological polar surface area (TPSA) is 20.2 Å². The van der Waals surface area contributed by atoms with Crippen molar-refractivity contribution in [1.29, 1.82) is 0 Å². The van der Waals surface area contributed by atoms with E-state index in [2.05, 4.69) is 19.9 Å². The molecule has 0 aliphatic rings. The van der Waals surface area contributed by atoms with Crippen LogP contribution in [0.1, 0.15) is 42.6 Å². The Labute approximate surface area is 123 Å². The minimum atomic E-state index is -0.733. The van der Waals surface area contributed by atoms with Crippen LogP contribution in [0.3, 0.4) is 0 Å². The number of hydrogen-bond acceptors (Lipinski definition) is 1. The van der Waals surface area contributed by atoms with Gasteiger partial charge in [0, 0.05) is 15.6 Å². The van der Waals surface area contributed by atoms with Gasteiger partial charge in [-0.2, -0.15) is 0 Å². The third-order valence-electron chi connectivity index (χ3n) is 3.15. The number of rotatable bonds is 3. The maximum atomic E-state index is 10.4. The summed E-state index contributed by atoms with van der Waals surface area (Å²) in [4.78, 5) is 0. The first-order valence-corrected chi connectivity index (χ1v) is 6.97. The Balaban J connectivity index is 2.38. The molecule has 0 spiro atoms. The average Bonchev–Trinajstić information content (AvgIpc) is 2.38. The molecule has 0 aliphatic carbocycles. The highest BCUT2D eigenvalue weighted by Crippen LogP contribution is 2.31. The lowest BCUT2D eigenvalue weighted by atomic mass is 9.96. The molecule has 0 heterocycles. The summed E-state index contributed by atoms with van der Waals surface area (Å²) in [5.41, 5.74) is 2.71. The smallest absolute Gasteiger partial charge is 0.105 e. The molecular formula is C16H16Cl2O. The zero-order valence-electron chi connectivity index (χ0n) is 10.9. The summed E-state index contributed by atoms with van der Waals surface area (Å²) in [5.74, 6) is 0.424. The van der Waals surface area contributed by atoms with E-state index in [0.717, 1.165) is 5.56 Å². The van der Waals surface area contributed by atoms with Gasteiger partial charge in [0.1, 0.15) is 6.10 Å². The number of benzene rings is 2. The summed E-state index contributed by atoms with van der Waals surface area (Å²) in [7, 11) is 0. The van der Waals surface area contributed by atoms with Gasteiger partial charge in [-0.05, 0) is 29.2 Å². The van der Waals surface area contributed by atoms with E-state index >= 15 is 0 Å². The SMILES string of the molecule is CC(C)c1cccc(C(O)c2ccc(Cl)cc2Cl)c1. The van der Waals surface area contributed by atoms with E-state index in [-0.39, 0.29) is 0 Å². The Hall–Kier alpha value is -1.02. The van der Waals surface area contributed by atoms with E-state index < -0.39 is 6.10 Å². The van der Waals surface area contributed by atoms with Crippen molar-refractivity contribution in [2.24, 2.45) is 0 Å². The first-order valence-electron chi connectivity index (χ1n) is 6.22. The fourth-order valence-electron chi connectivity index (χ4n) is 1.99. The van der Waals surface area contributed by atoms with Crippen LogP contribution in [-0.4, -0.2) is 5.11 Å². The van der Waals surface area contributed by atoms with Gasteiger partial charge < -0.3 is 5.11 Å². The highest BCUT2D eigenvalue weighted by atomic mass is 35.5. The first kappa shape index (κ1) is 14.4. The predicted molar refractivity (Wildman–Crippen MR) is 81.1 cm³/mol. The van der Waals surface area contributed by atoms with Crippen molar-refractivity contribution >= 4 is 23.2 Å². The lowest BCUT2D eigenvalue weighted by Gasteiger charge is -2.15. The summed E-state index contributed by atoms with van der Waals surface area (Å²) in [6, 6.07) is 13.1. The van der Waals surface area contributed by atoms with Crippen molar-refractivity contribution in [3.63, 3.8) is 0 Å². The van der Waals surface area contributed by atoms with Crippen molar-refractivity contribution < 1.29 is 5.11 Å². The van der Waals surface area contributed by atoms with Crippen molar-refractivity contribution in [1.82, 2.24) is 0 Å². The minimum absolute atomic E-state index is 0.424. The summed E-state index contributed by atoms with van der Waals surface area (Å²) in [6.07, 6.45) is -0.733. The Morgan fingerprint density at radius 2 is 1.63 bits per heavy atom. The van der Waals surface area contributed by atoms with Gasteiger partial charge in [-0.25, -0.2) is 0 Å². The first-order chi connectivity index (χ1) is 8.99. The maximum Gasteiger partial charge on any atom is 0.105 e. The van der Waals surface area contributed by atoms with E-state index in [1.54, 1.807) is 18.2 Å². The molecule has 0 aromatic heterocycles. The van der Waals surface area contributed by atoms with Crippen LogP contribution in [-0.2, 0) is 0 Å². The average molecular weight is 295 g/mol. The van der Waals surface area contributed by atoms with Gasteiger partial charge in [-0.15, -0.1) is 0 Å². The molecule has 2 rings (SSSR count). The fourth-order valence-corrected chi connectivity index (χ4v) is 2.50. The van der Waals surface area contributed by atoms with E-state index in [9.17, 15) is 5.11 Å². The van der Waals surface area contributed by atoms with Crippen LogP contribution in [0.25, 0.3) is 0 Å². The van der Waals surface area contributed by atoms with E-state index in [0.29, 0.717) is 21.5 Å². The second-order valence-electron chi connectivity index (χ2n) is 4.89. The molecule has 19 heavy (non-hydrogen) atoms. The molecule has 0 saturated carbocycles. The Bertz CT molecular complexity index is 579. The van der Waals surface area contributed by atoms with Gasteiger partial charge in [0.2, 0.25) is 0 Å². The van der Waals surface area contributed by atoms with Gasteiger partial charge in [-0.1, -0.05) is 67.4 Å². The van der Waals surface area contributed by atoms with Crippen LogP contribution in [0.2, 0.25) is 10.0 Å². The highest BCUT2D eigenvalue weighted by Gasteiger charge is 2.15. The molecule has 0 radical (unpaired) electrons. The molecule has 1 atom stereocenters. The largest absolute Gasteiger partial charge is 0.384 e. The Morgan fingerprint density at radius 1 is 0.947 bits per heavy atom. The monoisotopic (exact) mass is 294 g/mol. The fraction of sp³-hybridized carbons (Fsp3) is 0.250. The molecule has 2 aromatic rings. The van der Waals surface area contributed by atoms with Gasteiger partial charge in [0.25, 0.3) is 0 Å². The van der Waals surface area contributed by atoms with Crippen molar-refractivity contribution in [2.75, 3.05) is 0 Å². The number of hydrogen-bond donors (Lipinski definition) is 1. The van der Waals surface area contributed by atoms with Gasteiger partial charge in [0.15, 0.2) is 0 Å². The van der Waals surface area contributed by atoms with E-state index in [4.69, 9.17) is 23.2 Å². The van der Waals surface area contributed by atoms with Gasteiger partial charge >= 0.3 is 0 Å². The van der Waals surface area contributed by atoms with Crippen LogP contribution in [0.15, 0.2) is 42.5 Å². The third kappa shape index (κ3) is 3.30. The molecule has 100 valence electrons. The second-order valence-corrected chi connectivity index (χ2v) is 5.74. The quantitative estimate of drug-likeness (QED) is 0.825. The maximum absolute atomic E-state index is 10.4. The van der Waals surface area contributed by atoms with Crippen LogP contribution in [0.4, 0.5) is 0 Å². The minimum Gasteiger partial charge on any atom is -0.384 e. The van der Waals surface area contributed by atoms with Gasteiger partial charge in [0.05, 0.1) is 0 Å². The molecular weight excluding hydrogens is 279 g/mol. The van der Waals surface area contributed by atoms with Crippen molar-refractivity contribution in [3.05, 3.63) is 69.2 Å². The highest BCUT2D eigenvalue weighted by molar-refractivity contribution is 6.35. The normalized spacial score (nSPS) is 12.7. The molecule has 3 heteroatoms. The molecule has 0 amide bonds. The zero-order valence-corrected chi connectivity index (χ0v) is 12.4. The van der Waals surface area contributed by atoms with Crippen LogP contribution in [0, 0.1) is 0 Å². The van der Waals surface area contributed by atoms with Crippen LogP contribution < -0.4 is 0 Å². The molecule has 0 bridgehead atoms. The third-order valence-corrected chi connectivity index (χ3v) is 3.71. The molecule has 1 unspecified atom stereocenters.